The zero-order chi connectivity index (χ0) is 21.5. The molecule has 1 saturated heterocycles. The van der Waals surface area contributed by atoms with Crippen molar-refractivity contribution in [1.82, 2.24) is 14.8 Å². The zero-order valence-electron chi connectivity index (χ0n) is 17.1. The van der Waals surface area contributed by atoms with Crippen LogP contribution >= 0.6 is 11.6 Å². The van der Waals surface area contributed by atoms with Crippen molar-refractivity contribution < 1.29 is 13.9 Å². The second-order valence-electron chi connectivity index (χ2n) is 7.88. The molecule has 1 fully saturated rings. The maximum Gasteiger partial charge on any atom is 0.291 e. The van der Waals surface area contributed by atoms with Crippen molar-refractivity contribution in [2.45, 2.75) is 13.0 Å². The highest BCUT2D eigenvalue weighted by Gasteiger charge is 2.43. The summed E-state index contributed by atoms with van der Waals surface area (Å²) in [6.07, 6.45) is 1.67. The first kappa shape index (κ1) is 20.2. The molecule has 0 saturated carbocycles. The van der Waals surface area contributed by atoms with Gasteiger partial charge in [-0.2, -0.15) is 0 Å². The number of fused-ring (bicyclic) bond motifs is 2. The molecule has 8 heteroatoms. The molecule has 1 unspecified atom stereocenters. The van der Waals surface area contributed by atoms with Gasteiger partial charge in [-0.05, 0) is 36.8 Å². The Balaban J connectivity index is 1.61. The highest BCUT2D eigenvalue weighted by molar-refractivity contribution is 6.32. The molecule has 1 aromatic carbocycles. The molecule has 1 atom stereocenters. The van der Waals surface area contributed by atoms with Crippen LogP contribution in [0.4, 0.5) is 0 Å². The number of rotatable bonds is 4. The maximum absolute atomic E-state index is 13.5. The number of nitrogens with zero attached hydrogens (tertiary/aromatic N) is 3. The van der Waals surface area contributed by atoms with E-state index in [1.807, 2.05) is 25.1 Å². The summed E-state index contributed by atoms with van der Waals surface area (Å²) in [4.78, 5) is 35.3. The molecule has 0 spiro atoms. The number of carbonyl (C=O) groups is 1. The average Bonchev–Trinajstić information content (AvgIpc) is 3.07. The van der Waals surface area contributed by atoms with Crippen LogP contribution in [0.25, 0.3) is 11.0 Å². The summed E-state index contributed by atoms with van der Waals surface area (Å²) in [6, 6.07) is 8.23. The Morgan fingerprint density at radius 3 is 2.71 bits per heavy atom. The van der Waals surface area contributed by atoms with E-state index in [1.165, 1.54) is 0 Å². The molecule has 0 N–H and O–H groups in total. The molecular weight excluding hydrogens is 418 g/mol. The Labute approximate surface area is 184 Å². The largest absolute Gasteiger partial charge is 0.450 e. The first-order valence-electron chi connectivity index (χ1n) is 10.3. The summed E-state index contributed by atoms with van der Waals surface area (Å²) in [7, 11) is 0. The third-order valence-corrected chi connectivity index (χ3v) is 6.38. The van der Waals surface area contributed by atoms with Crippen molar-refractivity contribution in [3.8, 4) is 0 Å². The number of benzene rings is 1. The van der Waals surface area contributed by atoms with Gasteiger partial charge in [0.2, 0.25) is 5.76 Å². The first-order valence-corrected chi connectivity index (χ1v) is 10.7. The number of ether oxygens (including phenoxy) is 1. The monoisotopic (exact) mass is 439 g/mol. The average molecular weight is 440 g/mol. The van der Waals surface area contributed by atoms with Crippen LogP contribution in [0, 0.1) is 6.92 Å². The summed E-state index contributed by atoms with van der Waals surface area (Å²) in [5.41, 5.74) is 1.89. The minimum Gasteiger partial charge on any atom is -0.450 e. The van der Waals surface area contributed by atoms with Crippen molar-refractivity contribution in [3.05, 3.63) is 74.4 Å². The van der Waals surface area contributed by atoms with Gasteiger partial charge < -0.3 is 14.1 Å². The van der Waals surface area contributed by atoms with Crippen molar-refractivity contribution in [2.75, 3.05) is 39.4 Å². The molecule has 3 aromatic rings. The topological polar surface area (TPSA) is 75.9 Å². The number of aryl methyl sites for hydroxylation is 1. The number of hydrogen-bond acceptors (Lipinski definition) is 6. The van der Waals surface area contributed by atoms with Gasteiger partial charge in [0.1, 0.15) is 11.6 Å². The molecule has 7 nitrogen and oxygen atoms in total. The second kappa shape index (κ2) is 8.07. The van der Waals surface area contributed by atoms with Gasteiger partial charge in [0, 0.05) is 37.4 Å². The molecule has 31 heavy (non-hydrogen) atoms. The number of carbonyl (C=O) groups excluding carboxylic acids is 1. The second-order valence-corrected chi connectivity index (χ2v) is 8.29. The molecule has 4 heterocycles. The number of hydrogen-bond donors (Lipinski definition) is 0. The van der Waals surface area contributed by atoms with Crippen LogP contribution in [0.1, 0.15) is 33.4 Å². The highest BCUT2D eigenvalue weighted by atomic mass is 35.5. The number of aromatic nitrogens is 1. The quantitative estimate of drug-likeness (QED) is 0.622. The Kier molecular flexibility index (Phi) is 5.25. The lowest BCUT2D eigenvalue weighted by atomic mass is 10.0. The predicted molar refractivity (Wildman–Crippen MR) is 117 cm³/mol. The van der Waals surface area contributed by atoms with Gasteiger partial charge in [-0.1, -0.05) is 17.7 Å². The summed E-state index contributed by atoms with van der Waals surface area (Å²) >= 11 is 6.27. The van der Waals surface area contributed by atoms with E-state index < -0.39 is 6.04 Å². The molecule has 0 aliphatic carbocycles. The lowest BCUT2D eigenvalue weighted by Gasteiger charge is -2.30. The Morgan fingerprint density at radius 1 is 1.16 bits per heavy atom. The van der Waals surface area contributed by atoms with Gasteiger partial charge in [-0.15, -0.1) is 0 Å². The third kappa shape index (κ3) is 3.52. The molecule has 5 rings (SSSR count). The summed E-state index contributed by atoms with van der Waals surface area (Å²) in [6.45, 7) is 5.99. The maximum atomic E-state index is 13.5. The lowest BCUT2D eigenvalue weighted by molar-refractivity contribution is 0.0314. The fourth-order valence-corrected chi connectivity index (χ4v) is 4.45. The van der Waals surface area contributed by atoms with Gasteiger partial charge >= 0.3 is 0 Å². The van der Waals surface area contributed by atoms with E-state index in [2.05, 4.69) is 9.88 Å². The van der Waals surface area contributed by atoms with Crippen LogP contribution in [0.5, 0.6) is 0 Å². The van der Waals surface area contributed by atoms with Gasteiger partial charge in [0.15, 0.2) is 5.43 Å². The van der Waals surface area contributed by atoms with Crippen molar-refractivity contribution in [2.24, 2.45) is 0 Å². The minimum atomic E-state index is -0.592. The van der Waals surface area contributed by atoms with E-state index in [0.717, 1.165) is 18.7 Å². The molecule has 160 valence electrons. The molecule has 0 radical (unpaired) electrons. The third-order valence-electron chi connectivity index (χ3n) is 5.98. The van der Waals surface area contributed by atoms with Gasteiger partial charge in [0.25, 0.3) is 5.91 Å². The number of pyridine rings is 1. The SMILES string of the molecule is Cc1cc2oc3c(c(=O)c2cc1Cl)C(c1ccccn1)N(CCN1CCOCC1)C3=O. The van der Waals surface area contributed by atoms with E-state index in [1.54, 1.807) is 23.2 Å². The standard InChI is InChI=1S/C23H22ClN3O4/c1-14-12-18-15(13-16(14)24)21(28)19-20(17-4-2-3-5-25-17)27(23(29)22(19)31-18)7-6-26-8-10-30-11-9-26/h2-5,12-13,20H,6-11H2,1H3. The summed E-state index contributed by atoms with van der Waals surface area (Å²) < 4.78 is 11.4. The van der Waals surface area contributed by atoms with Gasteiger partial charge in [0.05, 0.1) is 29.9 Å². The van der Waals surface area contributed by atoms with Crippen molar-refractivity contribution in [3.63, 3.8) is 0 Å². The number of morpholine rings is 1. The van der Waals surface area contributed by atoms with Crippen LogP contribution in [0.15, 0.2) is 45.7 Å². The van der Waals surface area contributed by atoms with Crippen molar-refractivity contribution in [1.29, 1.82) is 0 Å². The normalized spacial score (nSPS) is 19.2. The van der Waals surface area contributed by atoms with Crippen molar-refractivity contribution >= 4 is 28.5 Å². The van der Waals surface area contributed by atoms with E-state index in [-0.39, 0.29) is 17.1 Å². The van der Waals surface area contributed by atoms with Crippen LogP contribution in [0.2, 0.25) is 5.02 Å². The van der Waals surface area contributed by atoms with Gasteiger partial charge in [-0.25, -0.2) is 0 Å². The van der Waals surface area contributed by atoms with E-state index in [4.69, 9.17) is 20.8 Å². The van der Waals surface area contributed by atoms with E-state index >= 15 is 0 Å². The Bertz CT molecular complexity index is 1200. The molecule has 1 amide bonds. The van der Waals surface area contributed by atoms with Crippen LogP contribution in [-0.4, -0.2) is 60.1 Å². The van der Waals surface area contributed by atoms with Crippen LogP contribution in [0.3, 0.4) is 0 Å². The minimum absolute atomic E-state index is 0.0943. The molecule has 2 aliphatic heterocycles. The Morgan fingerprint density at radius 2 is 1.97 bits per heavy atom. The smallest absolute Gasteiger partial charge is 0.291 e. The fourth-order valence-electron chi connectivity index (χ4n) is 4.29. The zero-order valence-corrected chi connectivity index (χ0v) is 17.9. The predicted octanol–water partition coefficient (Wildman–Crippen LogP) is 3.03. The Hall–Kier alpha value is -2.74. The van der Waals surface area contributed by atoms with Crippen LogP contribution < -0.4 is 5.43 Å². The van der Waals surface area contributed by atoms with E-state index in [0.29, 0.717) is 53.6 Å². The fraction of sp³-hybridized carbons (Fsp3) is 0.348. The first-order chi connectivity index (χ1) is 15.0. The molecule has 2 aliphatic rings. The molecule has 0 bridgehead atoms. The summed E-state index contributed by atoms with van der Waals surface area (Å²) in [5.74, 6) is -0.192. The highest BCUT2D eigenvalue weighted by Crippen LogP contribution is 2.37. The number of amides is 1. The molecule has 2 aromatic heterocycles. The lowest BCUT2D eigenvalue weighted by Crippen LogP contribution is -2.42. The van der Waals surface area contributed by atoms with Gasteiger partial charge in [-0.3, -0.25) is 19.5 Å². The summed E-state index contributed by atoms with van der Waals surface area (Å²) in [5, 5.41) is 0.862. The number of halogens is 1. The molecular formula is C23H22ClN3O4. The van der Waals surface area contributed by atoms with E-state index in [9.17, 15) is 9.59 Å². The van der Waals surface area contributed by atoms with Crippen LogP contribution in [-0.2, 0) is 4.74 Å².